The van der Waals surface area contributed by atoms with E-state index in [4.69, 9.17) is 18.9 Å². The highest BCUT2D eigenvalue weighted by molar-refractivity contribution is 5.81. The van der Waals surface area contributed by atoms with Gasteiger partial charge in [0.05, 0.1) is 0 Å². The van der Waals surface area contributed by atoms with Crippen molar-refractivity contribution in [2.24, 2.45) is 5.73 Å². The predicted octanol–water partition coefficient (Wildman–Crippen LogP) is 0.459. The fraction of sp³-hybridized carbons (Fsp3) is 0.571. The van der Waals surface area contributed by atoms with Crippen molar-refractivity contribution < 1.29 is 4.79 Å². The van der Waals surface area contributed by atoms with Gasteiger partial charge < -0.3 is 15.4 Å². The van der Waals surface area contributed by atoms with Gasteiger partial charge in [0.25, 0.3) is 6.04 Å². The number of hydrogen-bond acceptors (Lipinski definition) is 1. The van der Waals surface area contributed by atoms with Crippen LogP contribution in [0.4, 0.5) is 0 Å². The van der Waals surface area contributed by atoms with Gasteiger partial charge in [0.1, 0.15) is 0 Å². The third kappa shape index (κ3) is 3.94. The molecule has 11 heavy (non-hydrogen) atoms. The summed E-state index contributed by atoms with van der Waals surface area (Å²) >= 11 is 0. The lowest BCUT2D eigenvalue weighted by Gasteiger charge is -1.95. The van der Waals surface area contributed by atoms with Crippen LogP contribution < -0.4 is 5.73 Å². The maximum absolute atomic E-state index is 10.5. The third-order valence-electron chi connectivity index (χ3n) is 1.23. The molecule has 0 aromatic rings. The van der Waals surface area contributed by atoms with Crippen LogP contribution in [0.3, 0.4) is 0 Å². The van der Waals surface area contributed by atoms with E-state index < -0.39 is 11.9 Å². The van der Waals surface area contributed by atoms with Gasteiger partial charge in [-0.15, -0.1) is 0 Å². The normalized spacial score (nSPS) is 11.1. The second kappa shape index (κ2) is 5.25. The molecule has 0 saturated heterocycles. The van der Waals surface area contributed by atoms with Crippen LogP contribution in [0, 0.1) is 13.1 Å². The standard InChI is InChI=1S/C7H9N3O/c1-9-5-3-4-6(10-2)7(8)11/h6H,3-5H2,(H2,8,11). The van der Waals surface area contributed by atoms with Crippen LogP contribution >= 0.6 is 0 Å². The van der Waals surface area contributed by atoms with Gasteiger partial charge in [-0.1, -0.05) is 0 Å². The Hall–Kier alpha value is -1.55. The first-order valence-electron chi connectivity index (χ1n) is 3.21. The average molecular weight is 151 g/mol. The van der Waals surface area contributed by atoms with Crippen LogP contribution in [0.25, 0.3) is 9.69 Å². The van der Waals surface area contributed by atoms with Gasteiger partial charge in [0.15, 0.2) is 0 Å². The number of carbonyl (C=O) groups excluding carboxylic acids is 1. The van der Waals surface area contributed by atoms with Gasteiger partial charge >= 0.3 is 5.91 Å². The minimum atomic E-state index is -0.739. The Bertz CT molecular complexity index is 211. The minimum Gasteiger partial charge on any atom is -0.363 e. The van der Waals surface area contributed by atoms with E-state index >= 15 is 0 Å². The fourth-order valence-electron chi connectivity index (χ4n) is 0.634. The van der Waals surface area contributed by atoms with Crippen LogP contribution in [0.15, 0.2) is 0 Å². The van der Waals surface area contributed by atoms with Crippen LogP contribution in [0.5, 0.6) is 0 Å². The highest BCUT2D eigenvalue weighted by Gasteiger charge is 2.19. The molecule has 0 spiro atoms. The Morgan fingerprint density at radius 3 is 2.55 bits per heavy atom. The molecule has 0 aliphatic heterocycles. The molecule has 0 aliphatic rings. The van der Waals surface area contributed by atoms with Crippen molar-refractivity contribution in [3.63, 3.8) is 0 Å². The SMILES string of the molecule is [C-]#[N+]CCCC([N+]#[C-])C(N)=O. The fourth-order valence-corrected chi connectivity index (χ4v) is 0.634. The first kappa shape index (κ1) is 9.45. The molecule has 1 amide bonds. The highest BCUT2D eigenvalue weighted by Crippen LogP contribution is 2.00. The van der Waals surface area contributed by atoms with Crippen molar-refractivity contribution in [3.05, 3.63) is 22.8 Å². The summed E-state index contributed by atoms with van der Waals surface area (Å²) in [6.45, 7) is 13.4. The molecule has 4 nitrogen and oxygen atoms in total. The first-order valence-corrected chi connectivity index (χ1v) is 3.21. The van der Waals surface area contributed by atoms with E-state index in [-0.39, 0.29) is 0 Å². The molecule has 1 unspecified atom stereocenters. The first-order chi connectivity index (χ1) is 5.22. The van der Waals surface area contributed by atoms with E-state index in [1.54, 1.807) is 0 Å². The number of primary amides is 1. The lowest BCUT2D eigenvalue weighted by atomic mass is 10.1. The maximum atomic E-state index is 10.5. The molecule has 0 aliphatic carbocycles. The van der Waals surface area contributed by atoms with Gasteiger partial charge in [-0.25, -0.2) is 13.1 Å². The van der Waals surface area contributed by atoms with Crippen LogP contribution in [0.2, 0.25) is 0 Å². The predicted molar refractivity (Wildman–Crippen MR) is 40.3 cm³/mol. The van der Waals surface area contributed by atoms with Crippen molar-refractivity contribution in [3.8, 4) is 0 Å². The number of rotatable bonds is 4. The summed E-state index contributed by atoms with van der Waals surface area (Å²) in [7, 11) is 0. The average Bonchev–Trinajstić information content (AvgIpc) is 1.97. The molecule has 0 saturated carbocycles. The monoisotopic (exact) mass is 151 g/mol. The number of nitrogens with two attached hydrogens (primary N) is 1. The lowest BCUT2D eigenvalue weighted by molar-refractivity contribution is -0.118. The van der Waals surface area contributed by atoms with Gasteiger partial charge in [0, 0.05) is 12.8 Å². The van der Waals surface area contributed by atoms with Crippen LogP contribution in [-0.4, -0.2) is 18.5 Å². The molecule has 0 aromatic carbocycles. The second-order valence-electron chi connectivity index (χ2n) is 2.07. The number of amides is 1. The van der Waals surface area contributed by atoms with Crippen molar-refractivity contribution in [1.29, 1.82) is 0 Å². The van der Waals surface area contributed by atoms with Gasteiger partial charge in [-0.3, -0.25) is 4.79 Å². The summed E-state index contributed by atoms with van der Waals surface area (Å²) < 4.78 is 0. The quantitative estimate of drug-likeness (QED) is 0.460. The molecule has 0 heterocycles. The summed E-state index contributed by atoms with van der Waals surface area (Å²) in [6.07, 6.45) is 0.973. The largest absolute Gasteiger partial charge is 0.363 e. The summed E-state index contributed by atoms with van der Waals surface area (Å²) in [5.41, 5.74) is 4.90. The zero-order chi connectivity index (χ0) is 8.69. The molecule has 0 aromatic heterocycles. The summed E-state index contributed by atoms with van der Waals surface area (Å²) in [6, 6.07) is -0.739. The molecular formula is C7H9N3O. The van der Waals surface area contributed by atoms with Gasteiger partial charge in [-0.05, 0) is 0 Å². The molecule has 1 atom stereocenters. The Balaban J connectivity index is 3.66. The Kier molecular flexibility index (Phi) is 4.51. The lowest BCUT2D eigenvalue weighted by Crippen LogP contribution is -2.25. The number of carbonyl (C=O) groups is 1. The van der Waals surface area contributed by atoms with E-state index in [0.717, 1.165) is 0 Å². The molecule has 0 fully saturated rings. The molecule has 0 bridgehead atoms. The van der Waals surface area contributed by atoms with E-state index in [2.05, 4.69) is 9.69 Å². The maximum Gasteiger partial charge on any atom is 0.300 e. The summed E-state index contributed by atoms with van der Waals surface area (Å²) in [5.74, 6) is -0.593. The highest BCUT2D eigenvalue weighted by atomic mass is 16.1. The molecule has 0 rings (SSSR count). The zero-order valence-corrected chi connectivity index (χ0v) is 6.08. The molecule has 0 radical (unpaired) electrons. The van der Waals surface area contributed by atoms with Crippen molar-refractivity contribution in [1.82, 2.24) is 0 Å². The number of nitrogens with zero attached hydrogens (tertiary/aromatic N) is 2. The molecule has 2 N–H and O–H groups in total. The zero-order valence-electron chi connectivity index (χ0n) is 6.08. The second-order valence-corrected chi connectivity index (χ2v) is 2.07. The number of hydrogen-bond donors (Lipinski definition) is 1. The Labute approximate surface area is 65.6 Å². The summed E-state index contributed by atoms with van der Waals surface area (Å²) in [4.78, 5) is 16.6. The molecular weight excluding hydrogens is 142 g/mol. The third-order valence-corrected chi connectivity index (χ3v) is 1.23. The van der Waals surface area contributed by atoms with E-state index in [1.807, 2.05) is 0 Å². The van der Waals surface area contributed by atoms with Crippen molar-refractivity contribution >= 4 is 5.91 Å². The van der Waals surface area contributed by atoms with E-state index in [0.29, 0.717) is 19.4 Å². The van der Waals surface area contributed by atoms with E-state index in [1.165, 1.54) is 0 Å². The van der Waals surface area contributed by atoms with Crippen molar-refractivity contribution in [2.45, 2.75) is 18.9 Å². The molecule has 58 valence electrons. The van der Waals surface area contributed by atoms with E-state index in [9.17, 15) is 4.79 Å². The smallest absolute Gasteiger partial charge is 0.300 e. The van der Waals surface area contributed by atoms with Crippen LogP contribution in [-0.2, 0) is 4.79 Å². The van der Waals surface area contributed by atoms with Gasteiger partial charge in [0.2, 0.25) is 6.54 Å². The summed E-state index contributed by atoms with van der Waals surface area (Å²) in [5, 5.41) is 0. The van der Waals surface area contributed by atoms with Gasteiger partial charge in [-0.2, -0.15) is 0 Å². The Morgan fingerprint density at radius 1 is 1.55 bits per heavy atom. The van der Waals surface area contributed by atoms with Crippen molar-refractivity contribution in [2.75, 3.05) is 6.54 Å². The Morgan fingerprint density at radius 2 is 2.18 bits per heavy atom. The molecule has 4 heteroatoms. The topological polar surface area (TPSA) is 51.8 Å². The van der Waals surface area contributed by atoms with Crippen LogP contribution in [0.1, 0.15) is 12.8 Å². The minimum absolute atomic E-state index is 0.360.